The van der Waals surface area contributed by atoms with E-state index in [-0.39, 0.29) is 45.9 Å². The number of fused-ring (bicyclic) bond motifs is 1. The molecular weight excluding hydrogens is 480 g/mol. The summed E-state index contributed by atoms with van der Waals surface area (Å²) in [4.78, 5) is 49.0. The van der Waals surface area contributed by atoms with Crippen LogP contribution in [0.15, 0.2) is 48.5 Å². The molecule has 0 radical (unpaired) electrons. The average Bonchev–Trinajstić information content (AvgIpc) is 3.39. The maximum Gasteiger partial charge on any atom is 0.337 e. The molecule has 3 aliphatic rings. The molecule has 0 unspecified atom stereocenters. The predicted octanol–water partition coefficient (Wildman–Crippen LogP) is 3.15. The number of ether oxygens (including phenoxy) is 1. The predicted molar refractivity (Wildman–Crippen MR) is 118 cm³/mol. The van der Waals surface area contributed by atoms with Crippen LogP contribution < -0.4 is 10.6 Å². The quantitative estimate of drug-likeness (QED) is 0.429. The molecule has 0 aromatic heterocycles. The lowest BCUT2D eigenvalue weighted by molar-refractivity contribution is -0.145. The number of nitrogens with one attached hydrogen (secondary N) is 2. The molecule has 3 fully saturated rings. The van der Waals surface area contributed by atoms with E-state index >= 15 is 0 Å². The van der Waals surface area contributed by atoms with E-state index in [2.05, 4.69) is 26.6 Å². The van der Waals surface area contributed by atoms with Crippen LogP contribution >= 0.6 is 15.9 Å². The molecule has 164 valence electrons. The fraction of sp³-hybridized carbons (Fsp3) is 0.304. The van der Waals surface area contributed by atoms with Gasteiger partial charge in [0.2, 0.25) is 5.91 Å². The number of para-hydroxylation sites is 1. The Morgan fingerprint density at radius 3 is 2.44 bits per heavy atom. The molecule has 2 aromatic carbocycles. The maximum absolute atomic E-state index is 13.0. The molecule has 2 amide bonds. The van der Waals surface area contributed by atoms with Gasteiger partial charge < -0.3 is 20.5 Å². The molecule has 2 aromatic rings. The number of hydrogen-bond acceptors (Lipinski definition) is 5. The lowest BCUT2D eigenvalue weighted by Crippen LogP contribution is -2.40. The normalized spacial score (nSPS) is 29.5. The molecule has 3 N–H and O–H groups in total. The Morgan fingerprint density at radius 1 is 1.00 bits per heavy atom. The molecule has 2 aliphatic carbocycles. The fourth-order valence-electron chi connectivity index (χ4n) is 5.23. The second-order valence-corrected chi connectivity index (χ2v) is 9.39. The van der Waals surface area contributed by atoms with E-state index in [1.807, 2.05) is 0 Å². The van der Waals surface area contributed by atoms with Gasteiger partial charge >= 0.3 is 11.9 Å². The Hall–Kier alpha value is -3.20. The van der Waals surface area contributed by atoms with E-state index in [0.29, 0.717) is 11.3 Å². The second kappa shape index (κ2) is 7.74. The van der Waals surface area contributed by atoms with E-state index in [4.69, 9.17) is 4.74 Å². The number of rotatable bonds is 5. The standard InChI is InChI=1S/C23H19BrN2O6/c24-18-13-9-14-17(23(31)32-19(14)18)16(13)21(28)25-11-7-5-10(6-8-11)20(27)26-15-4-2-1-3-12(15)22(29)30/h1-8,13-14,16-19H,9H2,(H,25,28)(H,26,27)(H,29,30)/t13-,14-,16-,17+,18-,19+/m1/s1. The van der Waals surface area contributed by atoms with Crippen molar-refractivity contribution in [2.75, 3.05) is 10.6 Å². The number of hydrogen-bond donors (Lipinski definition) is 3. The summed E-state index contributed by atoms with van der Waals surface area (Å²) in [5, 5.41) is 14.7. The SMILES string of the molecule is O=C(Nc1ccccc1C(=O)O)c1ccc(NC(=O)[C@@H]2[C@H]3C[C@H]4[C@H](OC(=O)[C@@H]42)[C@@H]3Br)cc1. The molecule has 1 aliphatic heterocycles. The van der Waals surface area contributed by atoms with Gasteiger partial charge in [-0.25, -0.2) is 4.79 Å². The lowest BCUT2D eigenvalue weighted by atomic mass is 9.79. The minimum Gasteiger partial charge on any atom is -0.478 e. The minimum atomic E-state index is -1.14. The smallest absolute Gasteiger partial charge is 0.337 e. The summed E-state index contributed by atoms with van der Waals surface area (Å²) >= 11 is 3.60. The van der Waals surface area contributed by atoms with Gasteiger partial charge in [0.1, 0.15) is 6.10 Å². The molecule has 8 nitrogen and oxygen atoms in total. The highest BCUT2D eigenvalue weighted by molar-refractivity contribution is 9.09. The molecule has 9 heteroatoms. The monoisotopic (exact) mass is 498 g/mol. The van der Waals surface area contributed by atoms with E-state index < -0.39 is 23.7 Å². The molecule has 5 rings (SSSR count). The second-order valence-electron chi connectivity index (χ2n) is 8.33. The molecule has 2 bridgehead atoms. The summed E-state index contributed by atoms with van der Waals surface area (Å²) < 4.78 is 5.45. The Labute approximate surface area is 191 Å². The van der Waals surface area contributed by atoms with E-state index in [0.717, 1.165) is 6.42 Å². The maximum atomic E-state index is 13.0. The van der Waals surface area contributed by atoms with Crippen LogP contribution in [0.5, 0.6) is 0 Å². The summed E-state index contributed by atoms with van der Waals surface area (Å²) in [6.07, 6.45) is 0.664. The number of halogens is 1. The zero-order valence-corrected chi connectivity index (χ0v) is 18.2. The zero-order chi connectivity index (χ0) is 22.6. The molecule has 2 saturated carbocycles. The van der Waals surface area contributed by atoms with Gasteiger partial charge in [-0.1, -0.05) is 28.1 Å². The Kier molecular flexibility index (Phi) is 5.00. The van der Waals surface area contributed by atoms with Crippen LogP contribution in [-0.2, 0) is 14.3 Å². The van der Waals surface area contributed by atoms with E-state index in [1.54, 1.807) is 36.4 Å². The number of aromatic carboxylic acids is 1. The number of carbonyl (C=O) groups excluding carboxylic acids is 3. The third-order valence-electron chi connectivity index (χ3n) is 6.65. The third kappa shape index (κ3) is 3.28. The average molecular weight is 499 g/mol. The minimum absolute atomic E-state index is 0.00614. The topological polar surface area (TPSA) is 122 Å². The van der Waals surface area contributed by atoms with Crippen LogP contribution in [0.4, 0.5) is 11.4 Å². The Bertz CT molecular complexity index is 1130. The first kappa shape index (κ1) is 20.7. The van der Waals surface area contributed by atoms with Gasteiger partial charge in [0.15, 0.2) is 0 Å². The number of esters is 1. The summed E-state index contributed by atoms with van der Waals surface area (Å²) in [6.45, 7) is 0. The van der Waals surface area contributed by atoms with Crippen molar-refractivity contribution in [1.82, 2.24) is 0 Å². The van der Waals surface area contributed by atoms with Gasteiger partial charge in [-0.05, 0) is 48.7 Å². The van der Waals surface area contributed by atoms with Crippen molar-refractivity contribution < 1.29 is 29.0 Å². The van der Waals surface area contributed by atoms with Crippen molar-refractivity contribution in [2.24, 2.45) is 23.7 Å². The van der Waals surface area contributed by atoms with Crippen molar-refractivity contribution in [3.05, 3.63) is 59.7 Å². The van der Waals surface area contributed by atoms with Crippen LogP contribution in [0.1, 0.15) is 27.1 Å². The fourth-order valence-corrected chi connectivity index (χ4v) is 6.28. The molecule has 6 atom stereocenters. The van der Waals surface area contributed by atoms with E-state index in [9.17, 15) is 24.3 Å². The third-order valence-corrected chi connectivity index (χ3v) is 7.85. The molecule has 1 saturated heterocycles. The summed E-state index contributed by atoms with van der Waals surface area (Å²) in [5.41, 5.74) is 1.01. The van der Waals surface area contributed by atoms with Crippen LogP contribution in [0.2, 0.25) is 0 Å². The number of carbonyl (C=O) groups is 4. The van der Waals surface area contributed by atoms with Gasteiger partial charge in [0.25, 0.3) is 5.91 Å². The largest absolute Gasteiger partial charge is 0.478 e. The first-order valence-corrected chi connectivity index (χ1v) is 11.2. The highest BCUT2D eigenvalue weighted by Gasteiger charge is 2.67. The number of benzene rings is 2. The van der Waals surface area contributed by atoms with Crippen molar-refractivity contribution in [1.29, 1.82) is 0 Å². The van der Waals surface area contributed by atoms with Gasteiger partial charge in [0, 0.05) is 17.2 Å². The van der Waals surface area contributed by atoms with Gasteiger partial charge in [-0.2, -0.15) is 0 Å². The van der Waals surface area contributed by atoms with Gasteiger partial charge in [-0.15, -0.1) is 0 Å². The number of carboxylic acids is 1. The Balaban J connectivity index is 1.27. The van der Waals surface area contributed by atoms with Crippen LogP contribution in [-0.4, -0.2) is 39.8 Å². The molecule has 1 heterocycles. The summed E-state index contributed by atoms with van der Waals surface area (Å²) in [6, 6.07) is 12.4. The van der Waals surface area contributed by atoms with E-state index in [1.165, 1.54) is 12.1 Å². The van der Waals surface area contributed by atoms with Gasteiger partial charge in [-0.3, -0.25) is 14.4 Å². The molecular formula is C23H19BrN2O6. The molecule has 32 heavy (non-hydrogen) atoms. The number of anilines is 2. The van der Waals surface area contributed by atoms with Crippen molar-refractivity contribution in [3.8, 4) is 0 Å². The van der Waals surface area contributed by atoms with Crippen molar-refractivity contribution in [2.45, 2.75) is 17.4 Å². The lowest BCUT2D eigenvalue weighted by Gasteiger charge is -2.27. The summed E-state index contributed by atoms with van der Waals surface area (Å²) in [7, 11) is 0. The number of carboxylic acid groups (broad SMARTS) is 1. The number of amides is 2. The first-order valence-electron chi connectivity index (χ1n) is 10.2. The zero-order valence-electron chi connectivity index (χ0n) is 16.7. The van der Waals surface area contributed by atoms with Crippen molar-refractivity contribution in [3.63, 3.8) is 0 Å². The highest BCUT2D eigenvalue weighted by atomic mass is 79.9. The molecule has 0 spiro atoms. The highest BCUT2D eigenvalue weighted by Crippen LogP contribution is 2.60. The Morgan fingerprint density at radius 2 is 1.72 bits per heavy atom. The number of alkyl halides is 1. The van der Waals surface area contributed by atoms with Crippen LogP contribution in [0.3, 0.4) is 0 Å². The summed E-state index contributed by atoms with van der Waals surface area (Å²) in [5.74, 6) is -2.80. The van der Waals surface area contributed by atoms with Gasteiger partial charge in [0.05, 0.1) is 27.9 Å². The first-order chi connectivity index (χ1) is 15.3. The van der Waals surface area contributed by atoms with Crippen LogP contribution in [0, 0.1) is 23.7 Å². The van der Waals surface area contributed by atoms with Crippen LogP contribution in [0.25, 0.3) is 0 Å². The van der Waals surface area contributed by atoms with Crippen molar-refractivity contribution >= 4 is 51.1 Å².